The van der Waals surface area contributed by atoms with Gasteiger partial charge >= 0.3 is 0 Å². The van der Waals surface area contributed by atoms with Crippen molar-refractivity contribution in [2.24, 2.45) is 0 Å². The van der Waals surface area contributed by atoms with Crippen molar-refractivity contribution in [2.75, 3.05) is 11.9 Å². The van der Waals surface area contributed by atoms with Crippen LogP contribution in [0.1, 0.15) is 16.7 Å². The molecular weight excluding hydrogens is 529 g/mol. The quantitative estimate of drug-likeness (QED) is 0.263. The molecule has 1 aromatic heterocycles. The van der Waals surface area contributed by atoms with Crippen molar-refractivity contribution >= 4 is 74.7 Å². The van der Waals surface area contributed by atoms with Crippen LogP contribution in [0.2, 0.25) is 10.0 Å². The SMILES string of the molecule is Cc1ccc(NC(=O)CN2C(=O)S/C(=C/c3cn(Cc4ccc(Cl)cc4Cl)c4ccccc34)C2=O)cc1. The number of carbonyl (C=O) groups is 3. The Morgan fingerprint density at radius 1 is 1.03 bits per heavy atom. The maximum atomic E-state index is 13.1. The first-order chi connectivity index (χ1) is 17.8. The molecule has 1 N–H and O–H groups in total. The van der Waals surface area contributed by atoms with Crippen molar-refractivity contribution in [3.63, 3.8) is 0 Å². The van der Waals surface area contributed by atoms with Gasteiger partial charge in [0, 0.05) is 44.9 Å². The molecule has 0 saturated carbocycles. The van der Waals surface area contributed by atoms with Crippen molar-refractivity contribution in [2.45, 2.75) is 13.5 Å². The summed E-state index contributed by atoms with van der Waals surface area (Å²) in [6.45, 7) is 2.10. The average molecular weight is 550 g/mol. The second-order valence-electron chi connectivity index (χ2n) is 8.65. The van der Waals surface area contributed by atoms with Gasteiger partial charge in [-0.3, -0.25) is 19.3 Å². The maximum absolute atomic E-state index is 13.1. The first kappa shape index (κ1) is 25.1. The normalized spacial score (nSPS) is 14.7. The number of thioether (sulfide) groups is 1. The number of amides is 3. The first-order valence-corrected chi connectivity index (χ1v) is 13.0. The molecule has 0 radical (unpaired) electrons. The van der Waals surface area contributed by atoms with E-state index in [4.69, 9.17) is 23.2 Å². The Morgan fingerprint density at radius 2 is 1.78 bits per heavy atom. The number of hydrogen-bond acceptors (Lipinski definition) is 4. The van der Waals surface area contributed by atoms with Crippen LogP contribution in [0.4, 0.5) is 10.5 Å². The fraction of sp³-hybridized carbons (Fsp3) is 0.107. The number of nitrogens with one attached hydrogen (secondary N) is 1. The molecule has 186 valence electrons. The van der Waals surface area contributed by atoms with Gasteiger partial charge in [0.05, 0.1) is 4.91 Å². The summed E-state index contributed by atoms with van der Waals surface area (Å²) in [6, 6.07) is 20.5. The van der Waals surface area contributed by atoms with E-state index in [9.17, 15) is 14.4 Å². The lowest BCUT2D eigenvalue weighted by Gasteiger charge is -2.12. The number of para-hydroxylation sites is 1. The molecule has 0 bridgehead atoms. The minimum atomic E-state index is -0.494. The Labute approximate surface area is 227 Å². The van der Waals surface area contributed by atoms with Gasteiger partial charge in [-0.15, -0.1) is 0 Å². The van der Waals surface area contributed by atoms with E-state index in [-0.39, 0.29) is 11.4 Å². The lowest BCUT2D eigenvalue weighted by molar-refractivity contribution is -0.127. The molecule has 1 aliphatic rings. The lowest BCUT2D eigenvalue weighted by Crippen LogP contribution is -2.36. The molecule has 1 aliphatic heterocycles. The van der Waals surface area contributed by atoms with Crippen LogP contribution in [0, 0.1) is 6.92 Å². The number of aromatic nitrogens is 1. The molecule has 0 atom stereocenters. The third-order valence-electron chi connectivity index (χ3n) is 5.97. The molecule has 5 rings (SSSR count). The smallest absolute Gasteiger partial charge is 0.294 e. The van der Waals surface area contributed by atoms with Crippen LogP contribution in [0.25, 0.3) is 17.0 Å². The van der Waals surface area contributed by atoms with Gasteiger partial charge in [-0.25, -0.2) is 0 Å². The number of imide groups is 1. The van der Waals surface area contributed by atoms with Crippen LogP contribution < -0.4 is 5.32 Å². The fourth-order valence-electron chi connectivity index (χ4n) is 4.11. The number of rotatable bonds is 6. The third kappa shape index (κ3) is 5.44. The molecule has 3 aromatic carbocycles. The second kappa shape index (κ2) is 10.5. The van der Waals surface area contributed by atoms with E-state index in [1.165, 1.54) is 0 Å². The lowest BCUT2D eigenvalue weighted by atomic mass is 10.1. The van der Waals surface area contributed by atoms with Crippen molar-refractivity contribution in [1.82, 2.24) is 9.47 Å². The van der Waals surface area contributed by atoms with E-state index in [1.54, 1.807) is 30.3 Å². The Bertz CT molecular complexity index is 1580. The molecule has 1 fully saturated rings. The number of fused-ring (bicyclic) bond motifs is 1. The third-order valence-corrected chi connectivity index (χ3v) is 7.47. The van der Waals surface area contributed by atoms with Crippen molar-refractivity contribution in [3.05, 3.63) is 105 Å². The highest BCUT2D eigenvalue weighted by molar-refractivity contribution is 8.18. The van der Waals surface area contributed by atoms with Gasteiger partial charge in [0.25, 0.3) is 11.1 Å². The van der Waals surface area contributed by atoms with Crippen LogP contribution in [-0.2, 0) is 16.1 Å². The summed E-state index contributed by atoms with van der Waals surface area (Å²) in [5.41, 5.74) is 4.31. The minimum absolute atomic E-state index is 0.264. The van der Waals surface area contributed by atoms with Crippen LogP contribution in [0.3, 0.4) is 0 Å². The number of halogens is 2. The molecule has 2 heterocycles. The van der Waals surface area contributed by atoms with Gasteiger partial charge in [0.1, 0.15) is 6.54 Å². The van der Waals surface area contributed by atoms with Gasteiger partial charge < -0.3 is 9.88 Å². The van der Waals surface area contributed by atoms with Gasteiger partial charge in [-0.1, -0.05) is 65.2 Å². The van der Waals surface area contributed by atoms with Gasteiger partial charge in [-0.05, 0) is 60.7 Å². The van der Waals surface area contributed by atoms with E-state index in [2.05, 4.69) is 5.32 Å². The Balaban J connectivity index is 1.38. The summed E-state index contributed by atoms with van der Waals surface area (Å²) in [5, 5.41) is 4.30. The predicted octanol–water partition coefficient (Wildman–Crippen LogP) is 6.98. The zero-order chi connectivity index (χ0) is 26.1. The highest BCUT2D eigenvalue weighted by atomic mass is 35.5. The first-order valence-electron chi connectivity index (χ1n) is 11.4. The fourth-order valence-corrected chi connectivity index (χ4v) is 5.41. The zero-order valence-corrected chi connectivity index (χ0v) is 22.0. The van der Waals surface area contributed by atoms with E-state index < -0.39 is 17.1 Å². The summed E-state index contributed by atoms with van der Waals surface area (Å²) in [4.78, 5) is 39.4. The van der Waals surface area contributed by atoms with Crippen molar-refractivity contribution in [1.29, 1.82) is 0 Å². The molecule has 4 aromatic rings. The summed E-state index contributed by atoms with van der Waals surface area (Å²) in [5.74, 6) is -0.935. The van der Waals surface area contributed by atoms with E-state index in [0.717, 1.165) is 44.3 Å². The van der Waals surface area contributed by atoms with E-state index in [0.29, 0.717) is 22.3 Å². The summed E-state index contributed by atoms with van der Waals surface area (Å²) >= 11 is 13.3. The van der Waals surface area contributed by atoms with Crippen molar-refractivity contribution < 1.29 is 14.4 Å². The van der Waals surface area contributed by atoms with Gasteiger partial charge in [0.15, 0.2) is 0 Å². The number of aryl methyl sites for hydroxylation is 1. The van der Waals surface area contributed by atoms with Gasteiger partial charge in [0.2, 0.25) is 5.91 Å². The Morgan fingerprint density at radius 3 is 2.54 bits per heavy atom. The highest BCUT2D eigenvalue weighted by Crippen LogP contribution is 2.34. The van der Waals surface area contributed by atoms with E-state index in [1.807, 2.05) is 60.2 Å². The van der Waals surface area contributed by atoms with Crippen LogP contribution >= 0.6 is 35.0 Å². The van der Waals surface area contributed by atoms with Crippen LogP contribution in [-0.4, -0.2) is 33.1 Å². The monoisotopic (exact) mass is 549 g/mol. The largest absolute Gasteiger partial charge is 0.342 e. The number of carbonyl (C=O) groups excluding carboxylic acids is 3. The molecule has 0 spiro atoms. The van der Waals surface area contributed by atoms with Crippen LogP contribution in [0.15, 0.2) is 77.8 Å². The molecule has 9 heteroatoms. The molecule has 1 saturated heterocycles. The molecule has 3 amide bonds. The molecule has 0 unspecified atom stereocenters. The summed E-state index contributed by atoms with van der Waals surface area (Å²) in [6.07, 6.45) is 3.62. The average Bonchev–Trinajstić information content (AvgIpc) is 3.34. The van der Waals surface area contributed by atoms with Gasteiger partial charge in [-0.2, -0.15) is 0 Å². The second-order valence-corrected chi connectivity index (χ2v) is 10.5. The summed E-state index contributed by atoms with van der Waals surface area (Å²) in [7, 11) is 0. The highest BCUT2D eigenvalue weighted by Gasteiger charge is 2.36. The summed E-state index contributed by atoms with van der Waals surface area (Å²) < 4.78 is 2.04. The molecule has 0 aliphatic carbocycles. The molecular formula is C28H21Cl2N3O3S. The Kier molecular flexibility index (Phi) is 7.11. The van der Waals surface area contributed by atoms with Crippen LogP contribution in [0.5, 0.6) is 0 Å². The number of benzene rings is 3. The number of nitrogens with zero attached hydrogens (tertiary/aromatic N) is 2. The standard InChI is InChI=1S/C28H21Cl2N3O3S/c1-17-6-10-21(11-7-17)31-26(34)16-33-27(35)25(37-28(33)36)12-19-15-32(24-5-3-2-4-22(19)24)14-18-8-9-20(29)13-23(18)30/h2-13,15H,14,16H2,1H3,(H,31,34)/b25-12+. The number of hydrogen-bond donors (Lipinski definition) is 1. The predicted molar refractivity (Wildman–Crippen MR) is 150 cm³/mol. The minimum Gasteiger partial charge on any atom is -0.342 e. The zero-order valence-electron chi connectivity index (χ0n) is 19.7. The number of anilines is 1. The van der Waals surface area contributed by atoms with Crippen molar-refractivity contribution in [3.8, 4) is 0 Å². The topological polar surface area (TPSA) is 71.4 Å². The maximum Gasteiger partial charge on any atom is 0.294 e. The van der Waals surface area contributed by atoms with E-state index >= 15 is 0 Å². The molecule has 37 heavy (non-hydrogen) atoms. The molecule has 6 nitrogen and oxygen atoms in total. The Hall–Kier alpha value is -3.52.